The molecule has 24 heavy (non-hydrogen) atoms. The van der Waals surface area contributed by atoms with E-state index in [2.05, 4.69) is 84.2 Å². The van der Waals surface area contributed by atoms with Crippen LogP contribution in [0.2, 0.25) is 0 Å². The molecule has 4 aromatic rings. The van der Waals surface area contributed by atoms with Gasteiger partial charge in [0.25, 0.3) is 0 Å². The highest BCUT2D eigenvalue weighted by molar-refractivity contribution is 5.87. The maximum atomic E-state index is 3.41. The van der Waals surface area contributed by atoms with E-state index in [-0.39, 0.29) is 7.43 Å². The Balaban J connectivity index is 0.00000169. The molecule has 4 aromatic carbocycles. The summed E-state index contributed by atoms with van der Waals surface area (Å²) in [6.45, 7) is 0. The monoisotopic (exact) mass is 311 g/mol. The predicted molar refractivity (Wildman–Crippen MR) is 106 cm³/mol. The second kappa shape index (κ2) is 7.01. The van der Waals surface area contributed by atoms with Gasteiger partial charge in [0.1, 0.15) is 0 Å². The van der Waals surface area contributed by atoms with Crippen LogP contribution in [0.15, 0.2) is 97.1 Å². The quantitative estimate of drug-likeness (QED) is 0.434. The summed E-state index contributed by atoms with van der Waals surface area (Å²) in [6.07, 6.45) is 0. The number of rotatable bonds is 3. The van der Waals surface area contributed by atoms with Crippen molar-refractivity contribution in [2.24, 2.45) is 0 Å². The highest BCUT2D eigenvalue weighted by atomic mass is 14.9. The highest BCUT2D eigenvalue weighted by Gasteiger charge is 2.00. The van der Waals surface area contributed by atoms with Crippen molar-refractivity contribution in [2.75, 3.05) is 5.32 Å². The first-order chi connectivity index (χ1) is 11.4. The lowest BCUT2D eigenvalue weighted by atomic mass is 10.0. The summed E-state index contributed by atoms with van der Waals surface area (Å²) in [5, 5.41) is 5.96. The van der Waals surface area contributed by atoms with Crippen LogP contribution in [0, 0.1) is 0 Å². The van der Waals surface area contributed by atoms with Gasteiger partial charge < -0.3 is 5.32 Å². The summed E-state index contributed by atoms with van der Waals surface area (Å²) in [5.41, 5.74) is 4.68. The highest BCUT2D eigenvalue weighted by Crippen LogP contribution is 2.26. The molecule has 0 aliphatic rings. The van der Waals surface area contributed by atoms with Gasteiger partial charge in [0, 0.05) is 11.4 Å². The lowest BCUT2D eigenvalue weighted by Gasteiger charge is -2.08. The van der Waals surface area contributed by atoms with Crippen molar-refractivity contribution in [3.63, 3.8) is 0 Å². The van der Waals surface area contributed by atoms with Crippen LogP contribution in [0.1, 0.15) is 7.43 Å². The van der Waals surface area contributed by atoms with Crippen LogP contribution >= 0.6 is 0 Å². The molecule has 4 rings (SSSR count). The Hall–Kier alpha value is -3.06. The van der Waals surface area contributed by atoms with Gasteiger partial charge >= 0.3 is 0 Å². The third kappa shape index (κ3) is 3.31. The van der Waals surface area contributed by atoms with Gasteiger partial charge in [0.15, 0.2) is 0 Å². The van der Waals surface area contributed by atoms with Gasteiger partial charge in [0.2, 0.25) is 0 Å². The van der Waals surface area contributed by atoms with E-state index in [1.54, 1.807) is 0 Å². The number of anilines is 2. The Morgan fingerprint density at radius 2 is 1.04 bits per heavy atom. The average molecular weight is 311 g/mol. The van der Waals surface area contributed by atoms with Gasteiger partial charge in [-0.1, -0.05) is 74.2 Å². The number of benzene rings is 4. The third-order valence-corrected chi connectivity index (χ3v) is 4.03. The summed E-state index contributed by atoms with van der Waals surface area (Å²) in [5.74, 6) is 0. The lowest BCUT2D eigenvalue weighted by molar-refractivity contribution is 1.54. The van der Waals surface area contributed by atoms with Crippen molar-refractivity contribution in [2.45, 2.75) is 7.43 Å². The molecule has 0 radical (unpaired) electrons. The summed E-state index contributed by atoms with van der Waals surface area (Å²) in [7, 11) is 0. The summed E-state index contributed by atoms with van der Waals surface area (Å²) in [6, 6.07) is 33.9. The van der Waals surface area contributed by atoms with Crippen molar-refractivity contribution < 1.29 is 0 Å². The van der Waals surface area contributed by atoms with Crippen molar-refractivity contribution in [3.8, 4) is 11.1 Å². The van der Waals surface area contributed by atoms with Crippen molar-refractivity contribution in [1.82, 2.24) is 0 Å². The van der Waals surface area contributed by atoms with E-state index in [0.717, 1.165) is 11.4 Å². The standard InChI is InChI=1S/C22H17N.CH4/c1-2-8-21(9-3-1)23-22-14-12-18(13-15-22)20-11-10-17-6-4-5-7-19(17)16-20;/h1-16,23H;1H4. The van der Waals surface area contributed by atoms with E-state index in [9.17, 15) is 0 Å². The van der Waals surface area contributed by atoms with Crippen LogP contribution in [-0.4, -0.2) is 0 Å². The van der Waals surface area contributed by atoms with E-state index in [0.29, 0.717) is 0 Å². The van der Waals surface area contributed by atoms with Crippen LogP contribution in [0.5, 0.6) is 0 Å². The molecule has 0 fully saturated rings. The maximum Gasteiger partial charge on any atom is 0.0384 e. The minimum atomic E-state index is 0. The Morgan fingerprint density at radius 1 is 0.458 bits per heavy atom. The van der Waals surface area contributed by atoms with E-state index < -0.39 is 0 Å². The number of hydrogen-bond donors (Lipinski definition) is 1. The van der Waals surface area contributed by atoms with Gasteiger partial charge in [0.05, 0.1) is 0 Å². The van der Waals surface area contributed by atoms with E-state index in [1.807, 2.05) is 18.2 Å². The molecule has 0 amide bonds. The van der Waals surface area contributed by atoms with Crippen molar-refractivity contribution in [1.29, 1.82) is 0 Å². The summed E-state index contributed by atoms with van der Waals surface area (Å²) in [4.78, 5) is 0. The Morgan fingerprint density at radius 3 is 1.79 bits per heavy atom. The fourth-order valence-corrected chi connectivity index (χ4v) is 2.80. The summed E-state index contributed by atoms with van der Waals surface area (Å²) < 4.78 is 0. The van der Waals surface area contributed by atoms with Crippen LogP contribution in [0.3, 0.4) is 0 Å². The number of nitrogens with one attached hydrogen (secondary N) is 1. The zero-order valence-corrected chi connectivity index (χ0v) is 12.7. The topological polar surface area (TPSA) is 12.0 Å². The van der Waals surface area contributed by atoms with Gasteiger partial charge in [-0.25, -0.2) is 0 Å². The zero-order chi connectivity index (χ0) is 15.5. The van der Waals surface area contributed by atoms with E-state index in [1.165, 1.54) is 21.9 Å². The first-order valence-corrected chi connectivity index (χ1v) is 7.80. The van der Waals surface area contributed by atoms with Gasteiger partial charge in [-0.3, -0.25) is 0 Å². The molecule has 0 saturated heterocycles. The number of para-hydroxylation sites is 1. The SMILES string of the molecule is C.c1ccc(Nc2ccc(-c3ccc4ccccc4c3)cc2)cc1. The molecule has 1 heteroatoms. The molecule has 1 nitrogen and oxygen atoms in total. The Kier molecular flexibility index (Phi) is 4.62. The van der Waals surface area contributed by atoms with Crippen LogP contribution < -0.4 is 5.32 Å². The minimum absolute atomic E-state index is 0. The molecule has 0 aromatic heterocycles. The minimum Gasteiger partial charge on any atom is -0.356 e. The normalized spacial score (nSPS) is 10.2. The van der Waals surface area contributed by atoms with Crippen molar-refractivity contribution in [3.05, 3.63) is 97.1 Å². The van der Waals surface area contributed by atoms with E-state index >= 15 is 0 Å². The Labute approximate surface area is 143 Å². The fourth-order valence-electron chi connectivity index (χ4n) is 2.80. The molecular formula is C23H21N. The van der Waals surface area contributed by atoms with Gasteiger partial charge in [-0.2, -0.15) is 0 Å². The van der Waals surface area contributed by atoms with Crippen LogP contribution in [0.25, 0.3) is 21.9 Å². The molecule has 118 valence electrons. The molecule has 0 unspecified atom stereocenters. The molecule has 0 saturated carbocycles. The molecular weight excluding hydrogens is 290 g/mol. The Bertz CT molecular complexity index is 925. The first kappa shape index (κ1) is 15.8. The lowest BCUT2D eigenvalue weighted by Crippen LogP contribution is -1.89. The van der Waals surface area contributed by atoms with Gasteiger partial charge in [-0.15, -0.1) is 0 Å². The predicted octanol–water partition coefficient (Wildman–Crippen LogP) is 6.89. The molecule has 0 aliphatic carbocycles. The summed E-state index contributed by atoms with van der Waals surface area (Å²) >= 11 is 0. The largest absolute Gasteiger partial charge is 0.356 e. The fraction of sp³-hybridized carbons (Fsp3) is 0.0435. The third-order valence-electron chi connectivity index (χ3n) is 4.03. The zero-order valence-electron chi connectivity index (χ0n) is 12.7. The van der Waals surface area contributed by atoms with Crippen molar-refractivity contribution >= 4 is 22.1 Å². The molecule has 0 heterocycles. The molecule has 0 aliphatic heterocycles. The van der Waals surface area contributed by atoms with E-state index in [4.69, 9.17) is 0 Å². The number of hydrogen-bond acceptors (Lipinski definition) is 1. The molecule has 1 N–H and O–H groups in total. The number of fused-ring (bicyclic) bond motifs is 1. The maximum absolute atomic E-state index is 3.41. The average Bonchev–Trinajstić information content (AvgIpc) is 2.63. The molecule has 0 atom stereocenters. The second-order valence-electron chi connectivity index (χ2n) is 5.63. The molecule has 0 spiro atoms. The second-order valence-corrected chi connectivity index (χ2v) is 5.63. The first-order valence-electron chi connectivity index (χ1n) is 7.80. The van der Waals surface area contributed by atoms with Crippen LogP contribution in [0.4, 0.5) is 11.4 Å². The smallest absolute Gasteiger partial charge is 0.0384 e. The molecule has 0 bridgehead atoms. The van der Waals surface area contributed by atoms with Crippen LogP contribution in [-0.2, 0) is 0 Å². The van der Waals surface area contributed by atoms with Gasteiger partial charge in [-0.05, 0) is 52.2 Å².